The van der Waals surface area contributed by atoms with Crippen LogP contribution in [-0.4, -0.2) is 12.8 Å². The Morgan fingerprint density at radius 1 is 0.525 bits per heavy atom. The van der Waals surface area contributed by atoms with Gasteiger partial charge in [0.2, 0.25) is 0 Å². The molecular formula is C38H47NO. The second-order valence-electron chi connectivity index (χ2n) is 11.0. The number of hydrogen-bond acceptors (Lipinski definition) is 2. The summed E-state index contributed by atoms with van der Waals surface area (Å²) >= 11 is 0. The van der Waals surface area contributed by atoms with E-state index in [1.807, 2.05) is 0 Å². The minimum absolute atomic E-state index is 0.611. The Hall–Kier alpha value is -3.49. The van der Waals surface area contributed by atoms with Gasteiger partial charge in [0.25, 0.3) is 0 Å². The molecule has 0 aliphatic rings. The molecule has 0 aliphatic heterocycles. The van der Waals surface area contributed by atoms with E-state index in [1.54, 1.807) is 0 Å². The molecule has 2 heteroatoms. The Balaban J connectivity index is 0.000000220. The molecule has 0 saturated carbocycles. The van der Waals surface area contributed by atoms with Gasteiger partial charge in [0.05, 0.1) is 0 Å². The van der Waals surface area contributed by atoms with Crippen LogP contribution in [-0.2, 0) is 43.3 Å². The fourth-order valence-electron chi connectivity index (χ4n) is 5.44. The zero-order chi connectivity index (χ0) is 28.7. The molecule has 0 bridgehead atoms. The van der Waals surface area contributed by atoms with Gasteiger partial charge in [-0.2, -0.15) is 0 Å². The highest BCUT2D eigenvalue weighted by molar-refractivity contribution is 5.50. The average molecular weight is 534 g/mol. The lowest BCUT2D eigenvalue weighted by Gasteiger charge is -2.10. The molecule has 40 heavy (non-hydrogen) atoms. The van der Waals surface area contributed by atoms with E-state index in [0.717, 1.165) is 57.8 Å². The summed E-state index contributed by atoms with van der Waals surface area (Å²) in [7, 11) is 0. The third-order valence-electron chi connectivity index (χ3n) is 7.82. The van der Waals surface area contributed by atoms with Gasteiger partial charge >= 0.3 is 0 Å². The van der Waals surface area contributed by atoms with E-state index in [0.29, 0.717) is 6.42 Å². The number of benzene rings is 4. The molecule has 0 unspecified atom stereocenters. The molecule has 0 saturated heterocycles. The van der Waals surface area contributed by atoms with Crippen LogP contribution in [0.2, 0.25) is 0 Å². The summed E-state index contributed by atoms with van der Waals surface area (Å²) in [5.41, 5.74) is 19.6. The van der Waals surface area contributed by atoms with Crippen molar-refractivity contribution >= 4 is 6.29 Å². The molecule has 0 amide bonds. The standard InChI is InChI=1S/C19H25N.C19H22O/c2*1-15-6-3-7-16(2)19(15)12-11-18-9-4-8-17(14-18)10-5-13-20/h3-4,6-9,14H,5,10-13,20H2,1-2H3;3-4,6-9,13-14H,5,10-12H2,1-2H3. The van der Waals surface area contributed by atoms with Crippen LogP contribution in [0.25, 0.3) is 0 Å². The number of rotatable bonds is 12. The zero-order valence-electron chi connectivity index (χ0n) is 25.0. The van der Waals surface area contributed by atoms with E-state index in [9.17, 15) is 4.79 Å². The van der Waals surface area contributed by atoms with Crippen LogP contribution in [0.4, 0.5) is 0 Å². The van der Waals surface area contributed by atoms with Gasteiger partial charge in [-0.05, 0) is 135 Å². The van der Waals surface area contributed by atoms with Crippen molar-refractivity contribution in [2.45, 2.75) is 79.1 Å². The number of nitrogens with two attached hydrogens (primary N) is 1. The van der Waals surface area contributed by atoms with Gasteiger partial charge in [0, 0.05) is 6.42 Å². The quantitative estimate of drug-likeness (QED) is 0.187. The Morgan fingerprint density at radius 3 is 1.30 bits per heavy atom. The van der Waals surface area contributed by atoms with Crippen molar-refractivity contribution in [2.24, 2.45) is 5.73 Å². The second-order valence-corrected chi connectivity index (χ2v) is 11.0. The Labute approximate surface area is 242 Å². The first-order chi connectivity index (χ1) is 19.4. The summed E-state index contributed by atoms with van der Waals surface area (Å²) in [5, 5.41) is 0. The molecule has 2 nitrogen and oxygen atoms in total. The molecule has 210 valence electrons. The number of carbonyl (C=O) groups excluding carboxylic acids is 1. The molecule has 0 radical (unpaired) electrons. The van der Waals surface area contributed by atoms with Crippen LogP contribution in [0.3, 0.4) is 0 Å². The molecule has 0 heterocycles. The molecule has 0 aromatic heterocycles. The van der Waals surface area contributed by atoms with E-state index in [4.69, 9.17) is 5.73 Å². The van der Waals surface area contributed by atoms with Crippen LogP contribution < -0.4 is 5.73 Å². The first-order valence-electron chi connectivity index (χ1n) is 14.8. The minimum atomic E-state index is 0.611. The zero-order valence-corrected chi connectivity index (χ0v) is 25.0. The maximum absolute atomic E-state index is 10.4. The molecular weight excluding hydrogens is 486 g/mol. The molecule has 4 rings (SSSR count). The lowest BCUT2D eigenvalue weighted by Crippen LogP contribution is -2.01. The number of hydrogen-bond donors (Lipinski definition) is 1. The average Bonchev–Trinajstić information content (AvgIpc) is 2.95. The number of carbonyl (C=O) groups is 1. The molecule has 0 atom stereocenters. The monoisotopic (exact) mass is 533 g/mol. The molecule has 0 fully saturated rings. The van der Waals surface area contributed by atoms with Crippen LogP contribution in [0.15, 0.2) is 84.9 Å². The summed E-state index contributed by atoms with van der Waals surface area (Å²) < 4.78 is 0. The fraction of sp³-hybridized carbons (Fsp3) is 0.342. The van der Waals surface area contributed by atoms with Gasteiger partial charge < -0.3 is 10.5 Å². The Bertz CT molecular complexity index is 1310. The van der Waals surface area contributed by atoms with Gasteiger partial charge in [-0.25, -0.2) is 0 Å². The van der Waals surface area contributed by atoms with Crippen molar-refractivity contribution in [3.63, 3.8) is 0 Å². The highest BCUT2D eigenvalue weighted by Crippen LogP contribution is 2.18. The summed E-state index contributed by atoms with van der Waals surface area (Å²) in [4.78, 5) is 10.4. The van der Waals surface area contributed by atoms with E-state index < -0.39 is 0 Å². The van der Waals surface area contributed by atoms with Crippen LogP contribution in [0.1, 0.15) is 68.5 Å². The highest BCUT2D eigenvalue weighted by atomic mass is 16.1. The predicted octanol–water partition coefficient (Wildman–Crippen LogP) is 8.20. The SMILES string of the molecule is Cc1cccc(C)c1CCc1cccc(CCC=O)c1.Cc1cccc(C)c1CCc1cccc(CCCN)c1. The van der Waals surface area contributed by atoms with Gasteiger partial charge in [-0.1, -0.05) is 84.9 Å². The van der Waals surface area contributed by atoms with Crippen molar-refractivity contribution in [2.75, 3.05) is 6.54 Å². The first-order valence-corrected chi connectivity index (χ1v) is 14.8. The van der Waals surface area contributed by atoms with Gasteiger partial charge in [0.15, 0.2) is 0 Å². The summed E-state index contributed by atoms with van der Waals surface area (Å²) in [5.74, 6) is 0. The predicted molar refractivity (Wildman–Crippen MR) is 171 cm³/mol. The summed E-state index contributed by atoms with van der Waals surface area (Å²) in [6.45, 7) is 9.55. The van der Waals surface area contributed by atoms with Crippen LogP contribution >= 0.6 is 0 Å². The molecule has 0 spiro atoms. The van der Waals surface area contributed by atoms with E-state index >= 15 is 0 Å². The molecule has 0 aliphatic carbocycles. The van der Waals surface area contributed by atoms with Crippen molar-refractivity contribution in [3.05, 3.63) is 141 Å². The Morgan fingerprint density at radius 2 is 0.900 bits per heavy atom. The summed E-state index contributed by atoms with van der Waals surface area (Å²) in [6, 6.07) is 30.6. The lowest BCUT2D eigenvalue weighted by atomic mass is 9.95. The van der Waals surface area contributed by atoms with Gasteiger partial charge in [-0.15, -0.1) is 0 Å². The Kier molecular flexibility index (Phi) is 12.9. The van der Waals surface area contributed by atoms with Crippen LogP contribution in [0, 0.1) is 27.7 Å². The van der Waals surface area contributed by atoms with Gasteiger partial charge in [-0.3, -0.25) is 0 Å². The largest absolute Gasteiger partial charge is 0.330 e. The molecule has 2 N–H and O–H groups in total. The third-order valence-corrected chi connectivity index (χ3v) is 7.82. The first kappa shape index (κ1) is 31.0. The summed E-state index contributed by atoms with van der Waals surface area (Å²) in [6.07, 6.45) is 8.98. The third kappa shape index (κ3) is 9.92. The normalized spacial score (nSPS) is 10.6. The van der Waals surface area contributed by atoms with E-state index in [-0.39, 0.29) is 0 Å². The fourth-order valence-corrected chi connectivity index (χ4v) is 5.44. The van der Waals surface area contributed by atoms with Crippen LogP contribution in [0.5, 0.6) is 0 Å². The van der Waals surface area contributed by atoms with Crippen molar-refractivity contribution in [1.82, 2.24) is 0 Å². The van der Waals surface area contributed by atoms with Crippen molar-refractivity contribution in [1.29, 1.82) is 0 Å². The van der Waals surface area contributed by atoms with Crippen molar-refractivity contribution < 1.29 is 4.79 Å². The smallest absolute Gasteiger partial charge is 0.120 e. The number of aldehydes is 1. The maximum Gasteiger partial charge on any atom is 0.120 e. The highest BCUT2D eigenvalue weighted by Gasteiger charge is 2.05. The second kappa shape index (κ2) is 16.6. The lowest BCUT2D eigenvalue weighted by molar-refractivity contribution is -0.107. The minimum Gasteiger partial charge on any atom is -0.330 e. The maximum atomic E-state index is 10.4. The van der Waals surface area contributed by atoms with E-state index in [2.05, 4.69) is 113 Å². The van der Waals surface area contributed by atoms with Gasteiger partial charge in [0.1, 0.15) is 6.29 Å². The molecule has 4 aromatic carbocycles. The molecule has 4 aromatic rings. The van der Waals surface area contributed by atoms with E-state index in [1.165, 1.54) is 55.6 Å². The number of aryl methyl sites for hydroxylation is 8. The van der Waals surface area contributed by atoms with Crippen molar-refractivity contribution in [3.8, 4) is 0 Å². The topological polar surface area (TPSA) is 43.1 Å².